The van der Waals surface area contributed by atoms with Gasteiger partial charge in [-0.05, 0) is 91.0 Å². The molecular weight excluding hydrogens is 1080 g/mol. The van der Waals surface area contributed by atoms with Gasteiger partial charge in [-0.15, -0.1) is 0 Å². The summed E-state index contributed by atoms with van der Waals surface area (Å²) >= 11 is 0. The van der Waals surface area contributed by atoms with Crippen molar-refractivity contribution in [2.24, 2.45) is 0 Å². The monoisotopic (exact) mass is 1130 g/mol. The van der Waals surface area contributed by atoms with Gasteiger partial charge in [-0.3, -0.25) is 0 Å². The lowest BCUT2D eigenvalue weighted by molar-refractivity contribution is 1.12. The summed E-state index contributed by atoms with van der Waals surface area (Å²) < 4.78 is 12.1. The molecule has 0 aliphatic rings. The molecule has 0 unspecified atom stereocenters. The van der Waals surface area contributed by atoms with E-state index >= 15 is 0 Å². The van der Waals surface area contributed by atoms with E-state index in [4.69, 9.17) is 9.97 Å². The molecule has 0 spiro atoms. The number of para-hydroxylation sites is 9. The second kappa shape index (κ2) is 18.8. The van der Waals surface area contributed by atoms with E-state index in [9.17, 15) is 5.26 Å². The van der Waals surface area contributed by atoms with Crippen LogP contribution in [0.2, 0.25) is 0 Å². The molecule has 0 aliphatic carbocycles. The maximum atomic E-state index is 12.7. The van der Waals surface area contributed by atoms with Gasteiger partial charge < -0.3 is 22.8 Å². The van der Waals surface area contributed by atoms with Gasteiger partial charge in [-0.2, -0.15) is 5.26 Å². The van der Waals surface area contributed by atoms with Crippen LogP contribution in [0.4, 0.5) is 0 Å². The minimum Gasteiger partial charge on any atom is -0.309 e. The Morgan fingerprint density at radius 2 is 0.652 bits per heavy atom. The predicted octanol–water partition coefficient (Wildman–Crippen LogP) is 20.3. The van der Waals surface area contributed by atoms with Gasteiger partial charge in [0.05, 0.1) is 77.8 Å². The molecule has 0 radical (unpaired) electrons. The third-order valence-electron chi connectivity index (χ3n) is 18.4. The Morgan fingerprint density at radius 3 is 1.17 bits per heavy atom. The predicted molar refractivity (Wildman–Crippen MR) is 367 cm³/mol. The van der Waals surface area contributed by atoms with Gasteiger partial charge in [0.2, 0.25) is 0 Å². The molecule has 13 aromatic carbocycles. The van der Waals surface area contributed by atoms with Crippen molar-refractivity contribution in [2.75, 3.05) is 0 Å². The first-order chi connectivity index (χ1) is 44.2. The van der Waals surface area contributed by atoms with Gasteiger partial charge in [-0.1, -0.05) is 200 Å². The summed E-state index contributed by atoms with van der Waals surface area (Å²) in [5.74, 6) is 0.613. The van der Waals surface area contributed by atoms with E-state index in [1.807, 2.05) is 24.3 Å². The largest absolute Gasteiger partial charge is 0.309 e. The van der Waals surface area contributed by atoms with E-state index in [0.29, 0.717) is 11.4 Å². The van der Waals surface area contributed by atoms with Crippen LogP contribution in [-0.4, -0.2) is 32.8 Å². The number of hydrogen-bond acceptors (Lipinski definition) is 3. The van der Waals surface area contributed by atoms with Crippen molar-refractivity contribution in [3.8, 4) is 57.2 Å². The highest BCUT2D eigenvalue weighted by molar-refractivity contribution is 6.40. The van der Waals surface area contributed by atoms with Gasteiger partial charge in [0.1, 0.15) is 11.6 Å². The van der Waals surface area contributed by atoms with Crippen molar-refractivity contribution >= 4 is 120 Å². The van der Waals surface area contributed by atoms with Crippen LogP contribution in [0.25, 0.3) is 171 Å². The SMILES string of the molecule is N#Cc1c(-n2c3ccccc3c3ccc4c(c5ccccc5n4-c4ccccc4)c32)cc(-c2nc(-c3ccccc3)nc3ccccc23)cc1-n1c2ccccc2c2c3c(c4ccccc4n3-c3ccccc3)c3c(c4ccccc4n3-c3ccccc3)c21. The third-order valence-corrected chi connectivity index (χ3v) is 18.4. The van der Waals surface area contributed by atoms with Crippen LogP contribution < -0.4 is 0 Å². The van der Waals surface area contributed by atoms with Crippen LogP contribution in [0.3, 0.4) is 0 Å². The molecule has 0 saturated carbocycles. The molecule has 19 rings (SSSR count). The van der Waals surface area contributed by atoms with E-state index in [1.165, 1.54) is 0 Å². The molecule has 6 aromatic heterocycles. The first-order valence-electron chi connectivity index (χ1n) is 30.1. The number of fused-ring (bicyclic) bond motifs is 20. The van der Waals surface area contributed by atoms with Crippen LogP contribution in [0.5, 0.6) is 0 Å². The first kappa shape index (κ1) is 49.0. The van der Waals surface area contributed by atoms with E-state index in [1.54, 1.807) is 0 Å². The van der Waals surface area contributed by atoms with Crippen molar-refractivity contribution in [3.05, 3.63) is 297 Å². The molecule has 0 atom stereocenters. The van der Waals surface area contributed by atoms with Crippen LogP contribution in [-0.2, 0) is 0 Å². The summed E-state index contributed by atoms with van der Waals surface area (Å²) in [6, 6.07) is 107. The van der Waals surface area contributed by atoms with E-state index in [2.05, 4.69) is 296 Å². The highest BCUT2D eigenvalue weighted by Crippen LogP contribution is 2.52. The highest BCUT2D eigenvalue weighted by Gasteiger charge is 2.32. The van der Waals surface area contributed by atoms with Crippen LogP contribution >= 0.6 is 0 Å². The number of benzene rings is 13. The number of nitriles is 1. The molecule has 19 aromatic rings. The Bertz CT molecular complexity index is 6150. The molecule has 0 N–H and O–H groups in total. The Hall–Kier alpha value is -12.3. The van der Waals surface area contributed by atoms with Gasteiger partial charge in [-0.25, -0.2) is 9.97 Å². The standard InChI is InChI=1S/C81H48N8/c82-49-62-70(88-64-40-20-14-33-55(64)56-45-46-69-72(77(56)88)58-35-15-21-41-65(58)85(69)52-27-7-2-8-28-52)47-51(76-57-34-13-19-39-63(57)83-81(84-76)50-25-5-1-6-26-50)48-71(62)89-68-44-24-18-38-61(68)75-79-73(59-36-16-22-42-66(59)86(79)53-29-9-3-10-30-53)78-74(80(75)89)60-37-17-23-43-67(60)87(78)54-31-11-4-12-32-54/h1-48H. The summed E-state index contributed by atoms with van der Waals surface area (Å²) in [6.45, 7) is 0. The Morgan fingerprint density at radius 1 is 0.270 bits per heavy atom. The Kier molecular flexibility index (Phi) is 10.4. The molecule has 0 aliphatic heterocycles. The quantitative estimate of drug-likeness (QED) is 0.160. The van der Waals surface area contributed by atoms with Crippen molar-refractivity contribution < 1.29 is 0 Å². The van der Waals surface area contributed by atoms with Crippen molar-refractivity contribution in [1.82, 2.24) is 32.8 Å². The number of hydrogen-bond donors (Lipinski definition) is 0. The van der Waals surface area contributed by atoms with Crippen molar-refractivity contribution in [3.63, 3.8) is 0 Å². The van der Waals surface area contributed by atoms with Gasteiger partial charge >= 0.3 is 0 Å². The van der Waals surface area contributed by atoms with Crippen molar-refractivity contribution in [2.45, 2.75) is 0 Å². The molecule has 8 nitrogen and oxygen atoms in total. The molecule has 0 saturated heterocycles. The molecule has 0 amide bonds. The molecule has 412 valence electrons. The third kappa shape index (κ3) is 6.86. The minimum absolute atomic E-state index is 0.508. The molecule has 6 heterocycles. The first-order valence-corrected chi connectivity index (χ1v) is 30.1. The van der Waals surface area contributed by atoms with Crippen LogP contribution in [0, 0.1) is 11.3 Å². The lowest BCUT2D eigenvalue weighted by atomic mass is 9.99. The van der Waals surface area contributed by atoms with Gasteiger partial charge in [0.25, 0.3) is 0 Å². The fourth-order valence-corrected chi connectivity index (χ4v) is 14.9. The molecule has 0 bridgehead atoms. The van der Waals surface area contributed by atoms with E-state index < -0.39 is 0 Å². The number of aromatic nitrogens is 7. The lowest BCUT2D eigenvalue weighted by Gasteiger charge is -2.20. The number of rotatable bonds is 7. The molecule has 8 heteroatoms. The summed E-state index contributed by atoms with van der Waals surface area (Å²) in [7, 11) is 0. The second-order valence-corrected chi connectivity index (χ2v) is 23.1. The Labute approximate surface area is 509 Å². The smallest absolute Gasteiger partial charge is 0.160 e. The zero-order chi connectivity index (χ0) is 58.4. The molecule has 89 heavy (non-hydrogen) atoms. The minimum atomic E-state index is 0.508. The van der Waals surface area contributed by atoms with Crippen molar-refractivity contribution in [1.29, 1.82) is 5.26 Å². The molecular formula is C81H48N8. The van der Waals surface area contributed by atoms with Crippen LogP contribution in [0.1, 0.15) is 5.56 Å². The maximum absolute atomic E-state index is 12.7. The second-order valence-electron chi connectivity index (χ2n) is 23.1. The average molecular weight is 1130 g/mol. The van der Waals surface area contributed by atoms with Crippen LogP contribution in [0.15, 0.2) is 291 Å². The zero-order valence-electron chi connectivity index (χ0n) is 47.8. The fourth-order valence-electron chi connectivity index (χ4n) is 14.9. The van der Waals surface area contributed by atoms with E-state index in [0.717, 1.165) is 165 Å². The molecule has 0 fully saturated rings. The summed E-state index contributed by atoms with van der Waals surface area (Å²) in [5.41, 5.74) is 18.9. The maximum Gasteiger partial charge on any atom is 0.160 e. The summed E-state index contributed by atoms with van der Waals surface area (Å²) in [5, 5.41) is 24.6. The fraction of sp³-hybridized carbons (Fsp3) is 0. The van der Waals surface area contributed by atoms with Gasteiger partial charge in [0, 0.05) is 87.4 Å². The topological polar surface area (TPSA) is 74.2 Å². The Balaban J connectivity index is 1.06. The normalized spacial score (nSPS) is 12.0. The lowest BCUT2D eigenvalue weighted by Crippen LogP contribution is -2.06. The average Bonchev–Trinajstić information content (AvgIpc) is 1.52. The van der Waals surface area contributed by atoms with E-state index in [-0.39, 0.29) is 0 Å². The zero-order valence-corrected chi connectivity index (χ0v) is 47.8. The highest BCUT2D eigenvalue weighted by atomic mass is 15.1. The number of nitrogens with zero attached hydrogens (tertiary/aromatic N) is 8. The summed E-state index contributed by atoms with van der Waals surface area (Å²) in [4.78, 5) is 10.9. The summed E-state index contributed by atoms with van der Waals surface area (Å²) in [6.07, 6.45) is 0. The van der Waals surface area contributed by atoms with Gasteiger partial charge in [0.15, 0.2) is 5.82 Å².